The van der Waals surface area contributed by atoms with E-state index in [4.69, 9.17) is 4.74 Å². The van der Waals surface area contributed by atoms with Crippen LogP contribution >= 0.6 is 0 Å². The third-order valence-corrected chi connectivity index (χ3v) is 7.99. The first-order chi connectivity index (χ1) is 15.3. The van der Waals surface area contributed by atoms with Gasteiger partial charge in [0.15, 0.2) is 0 Å². The lowest BCUT2D eigenvalue weighted by Crippen LogP contribution is -2.50. The van der Waals surface area contributed by atoms with Gasteiger partial charge in [0.25, 0.3) is 0 Å². The van der Waals surface area contributed by atoms with E-state index in [1.807, 2.05) is 0 Å². The Labute approximate surface area is 185 Å². The number of ether oxygens (including phenoxy) is 1. The van der Waals surface area contributed by atoms with Gasteiger partial charge in [0.2, 0.25) is 5.91 Å². The number of hydrogen-bond donors (Lipinski definition) is 2. The van der Waals surface area contributed by atoms with E-state index < -0.39 is 23.3 Å². The molecule has 2 saturated carbocycles. The number of amides is 1. The summed E-state index contributed by atoms with van der Waals surface area (Å²) in [5.41, 5.74) is -0.0478. The Kier molecular flexibility index (Phi) is 5.70. The molecule has 2 N–H and O–H groups in total. The van der Waals surface area contributed by atoms with E-state index in [0.29, 0.717) is 37.4 Å². The van der Waals surface area contributed by atoms with E-state index in [1.54, 1.807) is 4.90 Å². The zero-order valence-electron chi connectivity index (χ0n) is 18.0. The molecule has 3 fully saturated rings. The molecule has 6 nitrogen and oxygen atoms in total. The molecule has 1 saturated heterocycles. The van der Waals surface area contributed by atoms with Gasteiger partial charge < -0.3 is 20.1 Å². The molecule has 3 heterocycles. The second-order valence-electron chi connectivity index (χ2n) is 9.89. The highest BCUT2D eigenvalue weighted by Gasteiger charge is 2.56. The fourth-order valence-corrected chi connectivity index (χ4v) is 6.41. The first-order valence-electron chi connectivity index (χ1n) is 11.6. The quantitative estimate of drug-likeness (QED) is 0.736. The van der Waals surface area contributed by atoms with Gasteiger partial charge in [0, 0.05) is 50.1 Å². The fraction of sp³-hybridized carbons (Fsp3) is 0.739. The number of carbonyl (C=O) groups is 1. The number of hydrogen-bond acceptors (Lipinski definition) is 5. The Morgan fingerprint density at radius 3 is 2.97 bits per heavy atom. The number of aromatic nitrogens is 1. The van der Waals surface area contributed by atoms with Crippen LogP contribution in [-0.2, 0) is 28.7 Å². The molecule has 5 rings (SSSR count). The van der Waals surface area contributed by atoms with Gasteiger partial charge in [-0.1, -0.05) is 6.42 Å². The highest BCUT2D eigenvalue weighted by Crippen LogP contribution is 2.55. The molecule has 5 atom stereocenters. The Morgan fingerprint density at radius 2 is 2.19 bits per heavy atom. The summed E-state index contributed by atoms with van der Waals surface area (Å²) in [7, 11) is 0. The lowest BCUT2D eigenvalue weighted by atomic mass is 9.78. The van der Waals surface area contributed by atoms with Gasteiger partial charge >= 0.3 is 6.18 Å². The molecular weight excluding hydrogens is 423 g/mol. The predicted octanol–water partition coefficient (Wildman–Crippen LogP) is 2.67. The minimum atomic E-state index is -4.44. The van der Waals surface area contributed by atoms with E-state index in [-0.39, 0.29) is 30.5 Å². The zero-order chi connectivity index (χ0) is 22.5. The minimum absolute atomic E-state index is 0.0199. The molecule has 4 aliphatic rings. The Hall–Kier alpha value is -1.71. The third-order valence-electron chi connectivity index (χ3n) is 7.99. The molecule has 32 heavy (non-hydrogen) atoms. The Morgan fingerprint density at radius 1 is 1.34 bits per heavy atom. The van der Waals surface area contributed by atoms with Crippen molar-refractivity contribution in [2.45, 2.75) is 75.9 Å². The van der Waals surface area contributed by atoms with E-state index in [0.717, 1.165) is 50.8 Å². The number of rotatable bonds is 3. The molecule has 0 aromatic carbocycles. The number of pyridine rings is 1. The molecule has 1 aromatic heterocycles. The van der Waals surface area contributed by atoms with Crippen LogP contribution in [0.5, 0.6) is 0 Å². The van der Waals surface area contributed by atoms with Crippen LogP contribution in [-0.4, -0.2) is 58.8 Å². The van der Waals surface area contributed by atoms with Crippen LogP contribution < -0.4 is 5.32 Å². The fourth-order valence-electron chi connectivity index (χ4n) is 6.41. The van der Waals surface area contributed by atoms with Crippen molar-refractivity contribution in [2.24, 2.45) is 11.3 Å². The van der Waals surface area contributed by atoms with Crippen molar-refractivity contribution in [3.63, 3.8) is 0 Å². The van der Waals surface area contributed by atoms with Gasteiger partial charge in [-0.2, -0.15) is 13.2 Å². The summed E-state index contributed by atoms with van der Waals surface area (Å²) < 4.78 is 44.8. The van der Waals surface area contributed by atoms with E-state index in [2.05, 4.69) is 10.3 Å². The second-order valence-corrected chi connectivity index (χ2v) is 9.89. The van der Waals surface area contributed by atoms with Crippen LogP contribution in [0.25, 0.3) is 0 Å². The number of nitrogens with one attached hydrogen (secondary N) is 1. The molecule has 9 heteroatoms. The Balaban J connectivity index is 1.31. The monoisotopic (exact) mass is 453 g/mol. The van der Waals surface area contributed by atoms with Crippen molar-refractivity contribution in [2.75, 3.05) is 19.8 Å². The van der Waals surface area contributed by atoms with Gasteiger partial charge in [0.1, 0.15) is 0 Å². The largest absolute Gasteiger partial charge is 0.417 e. The highest BCUT2D eigenvalue weighted by molar-refractivity contribution is 5.84. The topological polar surface area (TPSA) is 74.7 Å². The number of carbonyl (C=O) groups excluding carboxylic acids is 1. The number of nitrogens with zero attached hydrogens (tertiary/aromatic N) is 2. The van der Waals surface area contributed by atoms with Crippen molar-refractivity contribution in [1.82, 2.24) is 15.2 Å². The molecular formula is C23H30F3N3O3. The van der Waals surface area contributed by atoms with Crippen molar-refractivity contribution in [3.05, 3.63) is 29.1 Å². The molecule has 176 valence electrons. The van der Waals surface area contributed by atoms with E-state index in [1.165, 1.54) is 0 Å². The molecule has 0 radical (unpaired) electrons. The first kappa shape index (κ1) is 22.1. The number of halogens is 3. The molecule has 1 amide bonds. The van der Waals surface area contributed by atoms with Crippen LogP contribution in [0.3, 0.4) is 0 Å². The molecule has 2 aliphatic heterocycles. The number of fused-ring (bicyclic) bond motifs is 2. The molecule has 2 aliphatic carbocycles. The standard InChI is InChI=1S/C23H30F3N3O3/c24-23(25,26)16-8-14-12-29(6-3-18(14)27-11-16)21(31)22-5-1-2-15(22)9-17(10-22)28-19-4-7-32-13-20(19)30/h8,11,15,17,19-20,28,30H,1-7,9-10,12-13H2/t15-,17-,19-,20-,22-/m1/s1. The molecule has 0 spiro atoms. The average molecular weight is 454 g/mol. The first-order valence-corrected chi connectivity index (χ1v) is 11.6. The highest BCUT2D eigenvalue weighted by atomic mass is 19.4. The summed E-state index contributed by atoms with van der Waals surface area (Å²) in [5.74, 6) is 0.366. The summed E-state index contributed by atoms with van der Waals surface area (Å²) in [6, 6.07) is 1.29. The van der Waals surface area contributed by atoms with E-state index >= 15 is 0 Å². The lowest BCUT2D eigenvalue weighted by Gasteiger charge is -2.37. The third kappa shape index (κ3) is 3.92. The van der Waals surface area contributed by atoms with Crippen molar-refractivity contribution >= 4 is 5.91 Å². The van der Waals surface area contributed by atoms with Crippen molar-refractivity contribution < 1.29 is 27.8 Å². The maximum Gasteiger partial charge on any atom is 0.417 e. The van der Waals surface area contributed by atoms with Crippen LogP contribution in [0.15, 0.2) is 12.3 Å². The van der Waals surface area contributed by atoms with Crippen LogP contribution in [0.2, 0.25) is 0 Å². The van der Waals surface area contributed by atoms with Gasteiger partial charge in [-0.3, -0.25) is 9.78 Å². The smallest absolute Gasteiger partial charge is 0.389 e. The van der Waals surface area contributed by atoms with Crippen molar-refractivity contribution in [1.29, 1.82) is 0 Å². The SMILES string of the molecule is O=C(N1CCc2ncc(C(F)(F)F)cc2C1)[C@@]12CCC[C@@H]1C[C@@H](N[C@@H]1CCOC[C@H]1O)C2. The van der Waals surface area contributed by atoms with E-state index in [9.17, 15) is 23.1 Å². The minimum Gasteiger partial charge on any atom is -0.389 e. The summed E-state index contributed by atoms with van der Waals surface area (Å²) in [4.78, 5) is 19.6. The van der Waals surface area contributed by atoms with Crippen LogP contribution in [0, 0.1) is 11.3 Å². The number of aliphatic hydroxyl groups is 1. The maximum atomic E-state index is 13.8. The zero-order valence-corrected chi connectivity index (χ0v) is 18.0. The Bertz CT molecular complexity index is 880. The molecule has 0 bridgehead atoms. The van der Waals surface area contributed by atoms with Crippen LogP contribution in [0.4, 0.5) is 13.2 Å². The van der Waals surface area contributed by atoms with Gasteiger partial charge in [-0.15, -0.1) is 0 Å². The molecule has 1 aromatic rings. The number of aliphatic hydroxyl groups excluding tert-OH is 1. The summed E-state index contributed by atoms with van der Waals surface area (Å²) in [5, 5.41) is 13.8. The van der Waals surface area contributed by atoms with Gasteiger partial charge in [-0.25, -0.2) is 0 Å². The summed E-state index contributed by atoms with van der Waals surface area (Å²) in [6.45, 7) is 1.64. The second kappa shape index (κ2) is 8.25. The summed E-state index contributed by atoms with van der Waals surface area (Å²) >= 11 is 0. The number of alkyl halides is 3. The average Bonchev–Trinajstić information content (AvgIpc) is 3.31. The van der Waals surface area contributed by atoms with Crippen LogP contribution in [0.1, 0.15) is 55.3 Å². The predicted molar refractivity (Wildman–Crippen MR) is 110 cm³/mol. The normalized spacial score (nSPS) is 34.9. The summed E-state index contributed by atoms with van der Waals surface area (Å²) in [6.07, 6.45) is 1.61. The van der Waals surface area contributed by atoms with Gasteiger partial charge in [-0.05, 0) is 49.7 Å². The maximum absolute atomic E-state index is 13.8. The van der Waals surface area contributed by atoms with Gasteiger partial charge in [0.05, 0.1) is 23.7 Å². The van der Waals surface area contributed by atoms with Crippen molar-refractivity contribution in [3.8, 4) is 0 Å². The lowest BCUT2D eigenvalue weighted by molar-refractivity contribution is -0.144. The molecule has 0 unspecified atom stereocenters.